The van der Waals surface area contributed by atoms with Gasteiger partial charge in [0.1, 0.15) is 0 Å². The third-order valence-corrected chi connectivity index (χ3v) is 9.68. The lowest BCUT2D eigenvalue weighted by atomic mass is 9.91. The molecule has 0 unspecified atom stereocenters. The highest BCUT2D eigenvalue weighted by molar-refractivity contribution is 6.11. The second kappa shape index (κ2) is 13.4. The molecule has 0 spiro atoms. The number of ketones is 2. The van der Waals surface area contributed by atoms with Gasteiger partial charge in [-0.25, -0.2) is 0 Å². The summed E-state index contributed by atoms with van der Waals surface area (Å²) in [7, 11) is 0. The van der Waals surface area contributed by atoms with Gasteiger partial charge in [-0.15, -0.1) is 0 Å². The minimum absolute atomic E-state index is 0.0409. The summed E-state index contributed by atoms with van der Waals surface area (Å²) in [5, 5.41) is 4.31. The molecule has 0 atom stereocenters. The van der Waals surface area contributed by atoms with E-state index in [1.165, 1.54) is 0 Å². The summed E-state index contributed by atoms with van der Waals surface area (Å²) in [5.41, 5.74) is 10.6. The Bertz CT molecular complexity index is 2410. The number of benzene rings is 8. The Labute approximate surface area is 298 Å². The molecule has 8 aromatic carbocycles. The number of Topliss-reactive ketones (excluding diaryl/α,β-unsaturated/α-hetero) is 2. The van der Waals surface area contributed by atoms with Crippen LogP contribution in [0.25, 0.3) is 54.9 Å². The Hall–Kier alpha value is -6.58. The fourth-order valence-electron chi connectivity index (χ4n) is 7.19. The SMILES string of the molecule is CC(=O)c1ccc2ccccc2c1-c1ccc(N(c2ccc(-c3ccccc3)cc2)c2ccc(-c3c(C(C)=O)ccc4ccccc34)cc2)cc1. The van der Waals surface area contributed by atoms with Gasteiger partial charge in [-0.1, -0.05) is 140 Å². The van der Waals surface area contributed by atoms with E-state index >= 15 is 0 Å². The smallest absolute Gasteiger partial charge is 0.160 e. The average molecular weight is 658 g/mol. The van der Waals surface area contributed by atoms with E-state index in [0.717, 1.165) is 72.0 Å². The maximum absolute atomic E-state index is 12.8. The molecule has 8 aromatic rings. The number of nitrogens with zero attached hydrogens (tertiary/aromatic N) is 1. The molecule has 0 aromatic heterocycles. The van der Waals surface area contributed by atoms with E-state index in [1.54, 1.807) is 13.8 Å². The zero-order valence-electron chi connectivity index (χ0n) is 28.5. The summed E-state index contributed by atoms with van der Waals surface area (Å²) in [5.74, 6) is 0.0818. The highest BCUT2D eigenvalue weighted by atomic mass is 16.1. The summed E-state index contributed by atoms with van der Waals surface area (Å²) in [4.78, 5) is 27.8. The van der Waals surface area contributed by atoms with Crippen molar-refractivity contribution < 1.29 is 9.59 Å². The minimum atomic E-state index is 0.0409. The van der Waals surface area contributed by atoms with E-state index in [1.807, 2.05) is 54.6 Å². The molecule has 3 heteroatoms. The molecule has 8 rings (SSSR count). The van der Waals surface area contributed by atoms with E-state index in [-0.39, 0.29) is 11.6 Å². The molecule has 0 saturated heterocycles. The van der Waals surface area contributed by atoms with Crippen molar-refractivity contribution in [2.45, 2.75) is 13.8 Å². The van der Waals surface area contributed by atoms with Crippen molar-refractivity contribution in [2.24, 2.45) is 0 Å². The van der Waals surface area contributed by atoms with Gasteiger partial charge >= 0.3 is 0 Å². The number of hydrogen-bond donors (Lipinski definition) is 0. The molecule has 0 radical (unpaired) electrons. The van der Waals surface area contributed by atoms with Gasteiger partial charge in [-0.05, 0) is 94.0 Å². The fraction of sp³-hybridized carbons (Fsp3) is 0.0417. The first-order valence-electron chi connectivity index (χ1n) is 17.2. The van der Waals surface area contributed by atoms with E-state index in [9.17, 15) is 9.59 Å². The minimum Gasteiger partial charge on any atom is -0.311 e. The van der Waals surface area contributed by atoms with Crippen LogP contribution in [0.15, 0.2) is 176 Å². The summed E-state index contributed by atoms with van der Waals surface area (Å²) in [6, 6.07) is 60.3. The third-order valence-electron chi connectivity index (χ3n) is 9.68. The van der Waals surface area contributed by atoms with Crippen LogP contribution < -0.4 is 4.90 Å². The van der Waals surface area contributed by atoms with Gasteiger partial charge in [0.05, 0.1) is 0 Å². The number of anilines is 3. The zero-order chi connectivity index (χ0) is 34.9. The predicted octanol–water partition coefficient (Wildman–Crippen LogP) is 12.9. The molecular formula is C48H35NO2. The summed E-state index contributed by atoms with van der Waals surface area (Å²) in [6.45, 7) is 3.26. The van der Waals surface area contributed by atoms with Crippen LogP contribution in [-0.4, -0.2) is 11.6 Å². The first kappa shape index (κ1) is 31.7. The van der Waals surface area contributed by atoms with Crippen LogP contribution in [0.5, 0.6) is 0 Å². The van der Waals surface area contributed by atoms with Crippen molar-refractivity contribution in [3.63, 3.8) is 0 Å². The Morgan fingerprint density at radius 1 is 0.353 bits per heavy atom. The van der Waals surface area contributed by atoms with E-state index in [0.29, 0.717) is 11.1 Å². The van der Waals surface area contributed by atoms with E-state index in [4.69, 9.17) is 0 Å². The van der Waals surface area contributed by atoms with Crippen molar-refractivity contribution in [3.05, 3.63) is 187 Å². The van der Waals surface area contributed by atoms with Crippen molar-refractivity contribution in [1.29, 1.82) is 0 Å². The molecule has 244 valence electrons. The predicted molar refractivity (Wildman–Crippen MR) is 212 cm³/mol. The van der Waals surface area contributed by atoms with Gasteiger partial charge in [-0.3, -0.25) is 9.59 Å². The van der Waals surface area contributed by atoms with Crippen molar-refractivity contribution in [3.8, 4) is 33.4 Å². The number of carbonyl (C=O) groups is 2. The average Bonchev–Trinajstić information content (AvgIpc) is 3.18. The van der Waals surface area contributed by atoms with Crippen LogP contribution in [0.1, 0.15) is 34.6 Å². The van der Waals surface area contributed by atoms with Gasteiger partial charge < -0.3 is 4.90 Å². The fourth-order valence-corrected chi connectivity index (χ4v) is 7.19. The van der Waals surface area contributed by atoms with Gasteiger partial charge in [-0.2, -0.15) is 0 Å². The molecule has 3 nitrogen and oxygen atoms in total. The van der Waals surface area contributed by atoms with Crippen LogP contribution in [0, 0.1) is 0 Å². The molecule has 0 aliphatic rings. The van der Waals surface area contributed by atoms with Gasteiger partial charge in [0.15, 0.2) is 11.6 Å². The van der Waals surface area contributed by atoms with Gasteiger partial charge in [0.25, 0.3) is 0 Å². The number of hydrogen-bond acceptors (Lipinski definition) is 3. The molecular weight excluding hydrogens is 623 g/mol. The number of carbonyl (C=O) groups excluding carboxylic acids is 2. The first-order chi connectivity index (χ1) is 25.0. The molecule has 0 fully saturated rings. The van der Waals surface area contributed by atoms with Crippen LogP contribution in [0.4, 0.5) is 17.1 Å². The summed E-state index contributed by atoms with van der Waals surface area (Å²) in [6.07, 6.45) is 0. The normalized spacial score (nSPS) is 11.1. The third kappa shape index (κ3) is 6.00. The van der Waals surface area contributed by atoms with Gasteiger partial charge in [0.2, 0.25) is 0 Å². The Morgan fingerprint density at radius 3 is 1.12 bits per heavy atom. The van der Waals surface area contributed by atoms with E-state index in [2.05, 4.69) is 126 Å². The molecule has 0 aliphatic carbocycles. The second-order valence-electron chi connectivity index (χ2n) is 12.9. The summed E-state index contributed by atoms with van der Waals surface area (Å²) >= 11 is 0. The van der Waals surface area contributed by atoms with Crippen LogP contribution >= 0.6 is 0 Å². The summed E-state index contributed by atoms with van der Waals surface area (Å²) < 4.78 is 0. The molecule has 51 heavy (non-hydrogen) atoms. The Morgan fingerprint density at radius 2 is 0.706 bits per heavy atom. The molecule has 0 amide bonds. The zero-order valence-corrected chi connectivity index (χ0v) is 28.5. The highest BCUT2D eigenvalue weighted by Crippen LogP contribution is 2.40. The van der Waals surface area contributed by atoms with E-state index < -0.39 is 0 Å². The van der Waals surface area contributed by atoms with Crippen LogP contribution in [0.2, 0.25) is 0 Å². The molecule has 0 heterocycles. The van der Waals surface area contributed by atoms with Crippen LogP contribution in [0.3, 0.4) is 0 Å². The lowest BCUT2D eigenvalue weighted by Crippen LogP contribution is -2.10. The van der Waals surface area contributed by atoms with Crippen LogP contribution in [-0.2, 0) is 0 Å². The van der Waals surface area contributed by atoms with Crippen molar-refractivity contribution in [1.82, 2.24) is 0 Å². The lowest BCUT2D eigenvalue weighted by Gasteiger charge is -2.26. The topological polar surface area (TPSA) is 37.4 Å². The second-order valence-corrected chi connectivity index (χ2v) is 12.9. The first-order valence-corrected chi connectivity index (χ1v) is 17.2. The molecule has 0 N–H and O–H groups in total. The number of fused-ring (bicyclic) bond motifs is 2. The van der Waals surface area contributed by atoms with Gasteiger partial charge in [0, 0.05) is 39.3 Å². The van der Waals surface area contributed by atoms with Crippen molar-refractivity contribution in [2.75, 3.05) is 4.90 Å². The lowest BCUT2D eigenvalue weighted by molar-refractivity contribution is 0.101. The Balaban J connectivity index is 1.24. The largest absolute Gasteiger partial charge is 0.311 e. The highest BCUT2D eigenvalue weighted by Gasteiger charge is 2.18. The molecule has 0 bridgehead atoms. The number of rotatable bonds is 8. The monoisotopic (exact) mass is 657 g/mol. The Kier molecular flexibility index (Phi) is 8.31. The quantitative estimate of drug-likeness (QED) is 0.153. The maximum Gasteiger partial charge on any atom is 0.160 e. The maximum atomic E-state index is 12.8. The standard InChI is InChI=1S/C48H35NO2/c1-32(50)43-30-22-36-12-6-8-14-45(36)47(43)38-18-26-41(27-19-38)49(40-24-16-35(17-25-40)34-10-4-3-5-11-34)42-28-20-39(21-29-42)48-44(33(2)51)31-23-37-13-7-9-15-46(37)48/h3-31H,1-2H3. The molecule has 0 saturated carbocycles. The van der Waals surface area contributed by atoms with Crippen molar-refractivity contribution >= 4 is 50.2 Å². The molecule has 0 aliphatic heterocycles.